The summed E-state index contributed by atoms with van der Waals surface area (Å²) in [4.78, 5) is 5.13. The Labute approximate surface area is 266 Å². The van der Waals surface area contributed by atoms with Crippen LogP contribution in [0.3, 0.4) is 0 Å². The summed E-state index contributed by atoms with van der Waals surface area (Å²) in [6.07, 6.45) is 4.03. The van der Waals surface area contributed by atoms with Crippen LogP contribution in [-0.4, -0.2) is 14.1 Å². The predicted octanol–water partition coefficient (Wildman–Crippen LogP) is 10.7. The Morgan fingerprint density at radius 2 is 1.11 bits per heavy atom. The zero-order chi connectivity index (χ0) is 30.8. The van der Waals surface area contributed by atoms with Crippen molar-refractivity contribution in [3.63, 3.8) is 0 Å². The van der Waals surface area contributed by atoms with Gasteiger partial charge in [0, 0.05) is 32.6 Å². The highest BCUT2D eigenvalue weighted by atomic mass is 15.1. The minimum Gasteiger partial charge on any atom is -0.396 e. The number of benzene rings is 6. The molecular formula is C42H30N4. The minimum absolute atomic E-state index is 0.699. The fourth-order valence-electron chi connectivity index (χ4n) is 7.07. The molecule has 0 atom stereocenters. The van der Waals surface area contributed by atoms with E-state index in [0.29, 0.717) is 5.69 Å². The van der Waals surface area contributed by atoms with Gasteiger partial charge in [0.1, 0.15) is 5.82 Å². The summed E-state index contributed by atoms with van der Waals surface area (Å²) in [6.45, 7) is 2.00. The van der Waals surface area contributed by atoms with E-state index < -0.39 is 0 Å². The molecule has 4 nitrogen and oxygen atoms in total. The van der Waals surface area contributed by atoms with Crippen molar-refractivity contribution in [3.8, 4) is 22.6 Å². The van der Waals surface area contributed by atoms with Gasteiger partial charge in [0.2, 0.25) is 0 Å². The molecule has 218 valence electrons. The SMILES string of the molecule is C/C=C\c1ccc2ccc(-n3c4ccccc4c4cc(-c5ccc6c(c5)c5ccccc5n6-c5ccccc5)ccc43)nc2c1N. The molecule has 3 heterocycles. The molecule has 9 aromatic rings. The molecule has 0 aliphatic heterocycles. The van der Waals surface area contributed by atoms with Crippen LogP contribution < -0.4 is 5.73 Å². The van der Waals surface area contributed by atoms with Gasteiger partial charge in [-0.25, -0.2) is 4.98 Å². The normalized spacial score (nSPS) is 12.0. The maximum atomic E-state index is 6.62. The molecule has 0 aliphatic rings. The summed E-state index contributed by atoms with van der Waals surface area (Å²) in [5.41, 5.74) is 17.3. The zero-order valence-corrected chi connectivity index (χ0v) is 25.4. The summed E-state index contributed by atoms with van der Waals surface area (Å²) in [7, 11) is 0. The molecule has 4 heteroatoms. The second-order valence-corrected chi connectivity index (χ2v) is 11.8. The zero-order valence-electron chi connectivity index (χ0n) is 25.4. The van der Waals surface area contributed by atoms with Crippen LogP contribution in [0, 0.1) is 0 Å². The molecule has 46 heavy (non-hydrogen) atoms. The first-order valence-corrected chi connectivity index (χ1v) is 15.6. The number of hydrogen-bond acceptors (Lipinski definition) is 2. The number of aromatic nitrogens is 3. The lowest BCUT2D eigenvalue weighted by molar-refractivity contribution is 1.10. The van der Waals surface area contributed by atoms with Gasteiger partial charge in [0.25, 0.3) is 0 Å². The van der Waals surface area contributed by atoms with Crippen molar-refractivity contribution in [1.29, 1.82) is 0 Å². The highest BCUT2D eigenvalue weighted by Gasteiger charge is 2.17. The van der Waals surface area contributed by atoms with E-state index in [9.17, 15) is 0 Å². The van der Waals surface area contributed by atoms with Crippen molar-refractivity contribution in [2.45, 2.75) is 6.92 Å². The summed E-state index contributed by atoms with van der Waals surface area (Å²) in [5.74, 6) is 0.853. The molecule has 3 aromatic heterocycles. The van der Waals surface area contributed by atoms with Gasteiger partial charge in [-0.05, 0) is 84.3 Å². The summed E-state index contributed by atoms with van der Waals surface area (Å²) >= 11 is 0. The highest BCUT2D eigenvalue weighted by Crippen LogP contribution is 2.38. The van der Waals surface area contributed by atoms with E-state index in [4.69, 9.17) is 10.7 Å². The van der Waals surface area contributed by atoms with Gasteiger partial charge in [-0.3, -0.25) is 4.57 Å². The molecule has 0 unspecified atom stereocenters. The number of anilines is 1. The molecule has 0 fully saturated rings. The highest BCUT2D eigenvalue weighted by molar-refractivity contribution is 6.12. The van der Waals surface area contributed by atoms with E-state index in [0.717, 1.165) is 39.0 Å². The van der Waals surface area contributed by atoms with E-state index in [1.54, 1.807) is 0 Å². The Kier molecular flexibility index (Phi) is 5.84. The van der Waals surface area contributed by atoms with Crippen LogP contribution in [-0.2, 0) is 0 Å². The van der Waals surface area contributed by atoms with Crippen molar-refractivity contribution in [3.05, 3.63) is 151 Å². The van der Waals surface area contributed by atoms with E-state index in [1.165, 1.54) is 43.7 Å². The second-order valence-electron chi connectivity index (χ2n) is 11.8. The molecular weight excluding hydrogens is 560 g/mol. The van der Waals surface area contributed by atoms with Gasteiger partial charge < -0.3 is 10.3 Å². The van der Waals surface area contributed by atoms with Gasteiger partial charge in [-0.2, -0.15) is 0 Å². The molecule has 0 amide bonds. The molecule has 0 aliphatic carbocycles. The number of nitrogen functional groups attached to an aromatic ring is 1. The van der Waals surface area contributed by atoms with Gasteiger partial charge in [-0.15, -0.1) is 0 Å². The molecule has 0 radical (unpaired) electrons. The number of rotatable bonds is 4. The van der Waals surface area contributed by atoms with E-state index in [-0.39, 0.29) is 0 Å². The van der Waals surface area contributed by atoms with Gasteiger partial charge >= 0.3 is 0 Å². The van der Waals surface area contributed by atoms with Crippen molar-refractivity contribution >= 4 is 66.3 Å². The Balaban J connectivity index is 1.24. The van der Waals surface area contributed by atoms with E-state index >= 15 is 0 Å². The van der Waals surface area contributed by atoms with Crippen LogP contribution in [0.25, 0.3) is 83.2 Å². The van der Waals surface area contributed by atoms with Crippen LogP contribution >= 0.6 is 0 Å². The minimum atomic E-state index is 0.699. The molecule has 9 rings (SSSR count). The third-order valence-corrected chi connectivity index (χ3v) is 9.19. The van der Waals surface area contributed by atoms with Crippen LogP contribution in [0.1, 0.15) is 12.5 Å². The lowest BCUT2D eigenvalue weighted by Gasteiger charge is -2.11. The molecule has 2 N–H and O–H groups in total. The molecule has 0 spiro atoms. The van der Waals surface area contributed by atoms with Crippen LogP contribution in [0.2, 0.25) is 0 Å². The monoisotopic (exact) mass is 590 g/mol. The summed E-state index contributed by atoms with van der Waals surface area (Å²) in [5, 5.41) is 5.91. The standard InChI is InChI=1S/C42H30N4/c1-2-10-27-17-18-28-21-24-40(44-42(28)41(27)43)46-37-16-9-7-14-33(37)35-26-30(20-23-39(35)46)29-19-22-38-34(25-29)32-13-6-8-15-36(32)45(38)31-11-4-3-5-12-31/h2-26H,43H2,1H3/b10-2-. The Bertz CT molecular complexity index is 2660. The molecule has 6 aromatic carbocycles. The smallest absolute Gasteiger partial charge is 0.138 e. The topological polar surface area (TPSA) is 48.8 Å². The fraction of sp³-hybridized carbons (Fsp3) is 0.0238. The van der Waals surface area contributed by atoms with Crippen LogP contribution in [0.4, 0.5) is 5.69 Å². The summed E-state index contributed by atoms with van der Waals surface area (Å²) < 4.78 is 4.61. The average Bonchev–Trinajstić information content (AvgIpc) is 3.62. The second kappa shape index (κ2) is 10.2. The average molecular weight is 591 g/mol. The van der Waals surface area contributed by atoms with Gasteiger partial charge in [0.05, 0.1) is 33.3 Å². The fourth-order valence-corrected chi connectivity index (χ4v) is 7.07. The van der Waals surface area contributed by atoms with E-state index in [2.05, 4.69) is 149 Å². The Hall–Kier alpha value is -6.13. The lowest BCUT2D eigenvalue weighted by Crippen LogP contribution is -2.00. The van der Waals surface area contributed by atoms with Crippen LogP contribution in [0.5, 0.6) is 0 Å². The molecule has 0 saturated carbocycles. The Morgan fingerprint density at radius 3 is 1.78 bits per heavy atom. The third-order valence-electron chi connectivity index (χ3n) is 9.19. The molecule has 0 saturated heterocycles. The van der Waals surface area contributed by atoms with Crippen molar-refractivity contribution < 1.29 is 0 Å². The first-order valence-electron chi connectivity index (χ1n) is 15.6. The maximum Gasteiger partial charge on any atom is 0.138 e. The van der Waals surface area contributed by atoms with Crippen molar-refractivity contribution in [2.75, 3.05) is 5.73 Å². The summed E-state index contributed by atoms with van der Waals surface area (Å²) in [6, 6.07) is 49.8. The number of para-hydroxylation sites is 3. The largest absolute Gasteiger partial charge is 0.396 e. The number of nitrogens with two attached hydrogens (primary N) is 1. The van der Waals surface area contributed by atoms with Crippen LogP contribution in [0.15, 0.2) is 146 Å². The first-order chi connectivity index (χ1) is 22.7. The Morgan fingerprint density at radius 1 is 0.543 bits per heavy atom. The van der Waals surface area contributed by atoms with Crippen molar-refractivity contribution in [2.24, 2.45) is 0 Å². The quantitative estimate of drug-likeness (QED) is 0.207. The van der Waals surface area contributed by atoms with E-state index in [1.807, 2.05) is 19.1 Å². The predicted molar refractivity (Wildman–Crippen MR) is 195 cm³/mol. The number of allylic oxidation sites excluding steroid dienone is 1. The van der Waals surface area contributed by atoms with Crippen molar-refractivity contribution in [1.82, 2.24) is 14.1 Å². The third kappa shape index (κ3) is 3.90. The van der Waals surface area contributed by atoms with Gasteiger partial charge in [-0.1, -0.05) is 91.0 Å². The number of pyridine rings is 1. The number of hydrogen-bond donors (Lipinski definition) is 1. The number of nitrogens with zero attached hydrogens (tertiary/aromatic N) is 3. The number of fused-ring (bicyclic) bond motifs is 7. The van der Waals surface area contributed by atoms with Gasteiger partial charge in [0.15, 0.2) is 0 Å². The molecule has 0 bridgehead atoms. The maximum absolute atomic E-state index is 6.62. The first kappa shape index (κ1) is 26.3. The lowest BCUT2D eigenvalue weighted by atomic mass is 10.0.